The molecular formula is C14H16N2O. The summed E-state index contributed by atoms with van der Waals surface area (Å²) in [6.07, 6.45) is 4.04. The van der Waals surface area contributed by atoms with Crippen molar-refractivity contribution in [3.63, 3.8) is 0 Å². The molecule has 2 bridgehead atoms. The first-order valence-corrected chi connectivity index (χ1v) is 6.10. The van der Waals surface area contributed by atoms with Gasteiger partial charge >= 0.3 is 0 Å². The summed E-state index contributed by atoms with van der Waals surface area (Å²) in [5.41, 5.74) is 8.34. The van der Waals surface area contributed by atoms with E-state index in [9.17, 15) is 4.79 Å². The third-order valence-corrected chi connectivity index (χ3v) is 3.70. The minimum atomic E-state index is 0.264. The predicted octanol–water partition coefficient (Wildman–Crippen LogP) is 1.90. The number of piperidine rings is 3. The van der Waals surface area contributed by atoms with Crippen molar-refractivity contribution < 1.29 is 4.79 Å². The van der Waals surface area contributed by atoms with Crippen LogP contribution in [0.3, 0.4) is 0 Å². The molecule has 0 amide bonds. The van der Waals surface area contributed by atoms with E-state index in [1.165, 1.54) is 0 Å². The highest BCUT2D eigenvalue weighted by molar-refractivity contribution is 6.01. The van der Waals surface area contributed by atoms with Gasteiger partial charge in [0.15, 0.2) is 5.78 Å². The van der Waals surface area contributed by atoms with Gasteiger partial charge in [-0.3, -0.25) is 4.79 Å². The highest BCUT2D eigenvalue weighted by Crippen LogP contribution is 2.32. The maximum atomic E-state index is 12.1. The molecule has 4 rings (SSSR count). The van der Waals surface area contributed by atoms with Gasteiger partial charge in [-0.1, -0.05) is 12.1 Å². The Morgan fingerprint density at radius 1 is 1.18 bits per heavy atom. The van der Waals surface area contributed by atoms with Crippen molar-refractivity contribution in [3.8, 4) is 0 Å². The molecule has 0 atom stereocenters. The predicted molar refractivity (Wildman–Crippen MR) is 68.1 cm³/mol. The number of fused-ring (bicyclic) bond motifs is 3. The molecule has 0 aliphatic carbocycles. The van der Waals surface area contributed by atoms with Crippen molar-refractivity contribution >= 4 is 17.5 Å². The number of anilines is 1. The van der Waals surface area contributed by atoms with Crippen LogP contribution in [0.2, 0.25) is 0 Å². The Balaban J connectivity index is 1.93. The van der Waals surface area contributed by atoms with Crippen LogP contribution < -0.4 is 5.73 Å². The van der Waals surface area contributed by atoms with E-state index < -0.39 is 0 Å². The number of rotatable bonds is 1. The van der Waals surface area contributed by atoms with Crippen molar-refractivity contribution in [2.75, 3.05) is 18.8 Å². The molecule has 1 aromatic carbocycles. The molecule has 3 fully saturated rings. The number of ketones is 1. The smallest absolute Gasteiger partial charge is 0.182 e. The molecule has 88 valence electrons. The summed E-state index contributed by atoms with van der Waals surface area (Å²) >= 11 is 0. The lowest BCUT2D eigenvalue weighted by Gasteiger charge is -2.41. The van der Waals surface area contributed by atoms with Crippen LogP contribution in [-0.4, -0.2) is 23.8 Å². The van der Waals surface area contributed by atoms with E-state index in [2.05, 4.69) is 4.90 Å². The van der Waals surface area contributed by atoms with Crippen LogP contribution in [0, 0.1) is 5.92 Å². The minimum absolute atomic E-state index is 0.264. The molecule has 3 nitrogen and oxygen atoms in total. The molecule has 3 saturated heterocycles. The van der Waals surface area contributed by atoms with Crippen LogP contribution in [0.25, 0.3) is 6.08 Å². The number of hydrogen-bond acceptors (Lipinski definition) is 3. The summed E-state index contributed by atoms with van der Waals surface area (Å²) < 4.78 is 0. The normalized spacial score (nSPS) is 22.5. The van der Waals surface area contributed by atoms with E-state index >= 15 is 0 Å². The van der Waals surface area contributed by atoms with E-state index in [-0.39, 0.29) is 5.92 Å². The van der Waals surface area contributed by atoms with Crippen molar-refractivity contribution in [3.05, 3.63) is 35.5 Å². The van der Waals surface area contributed by atoms with Gasteiger partial charge in [0, 0.05) is 24.7 Å². The molecule has 3 aliphatic rings. The second-order valence-corrected chi connectivity index (χ2v) is 4.82. The number of nitrogens with two attached hydrogens (primary N) is 1. The summed E-state index contributed by atoms with van der Waals surface area (Å²) in [5, 5.41) is 0. The number of Topliss-reactive ketones (excluding diaryl/α,β-unsaturated/α-hetero) is 1. The Morgan fingerprint density at radius 2 is 1.82 bits per heavy atom. The Kier molecular flexibility index (Phi) is 2.39. The van der Waals surface area contributed by atoms with E-state index in [4.69, 9.17) is 5.73 Å². The van der Waals surface area contributed by atoms with Gasteiger partial charge < -0.3 is 10.6 Å². The number of nitrogens with zero attached hydrogens (tertiary/aromatic N) is 1. The second-order valence-electron chi connectivity index (χ2n) is 4.82. The highest BCUT2D eigenvalue weighted by atomic mass is 16.1. The zero-order valence-electron chi connectivity index (χ0n) is 9.73. The first kappa shape index (κ1) is 10.4. The summed E-state index contributed by atoms with van der Waals surface area (Å²) in [4.78, 5) is 14.3. The standard InChI is InChI=1S/C14H16N2O/c15-12-3-1-10(2-4-12)9-13-14(17)11-5-7-16(13)8-6-11/h1-4,9,11H,5-8,15H2/b13-9-. The number of benzene rings is 1. The first-order valence-electron chi connectivity index (χ1n) is 6.10. The molecule has 0 unspecified atom stereocenters. The average Bonchev–Trinajstić information content (AvgIpc) is 2.37. The fourth-order valence-electron chi connectivity index (χ4n) is 2.66. The topological polar surface area (TPSA) is 46.3 Å². The molecule has 0 radical (unpaired) electrons. The lowest BCUT2D eigenvalue weighted by molar-refractivity contribution is -0.125. The zero-order chi connectivity index (χ0) is 11.8. The molecule has 3 heterocycles. The molecule has 3 aliphatic heterocycles. The molecule has 2 N–H and O–H groups in total. The van der Waals surface area contributed by atoms with Crippen LogP contribution in [0.15, 0.2) is 30.0 Å². The van der Waals surface area contributed by atoms with E-state index in [1.54, 1.807) is 0 Å². The highest BCUT2D eigenvalue weighted by Gasteiger charge is 2.36. The lowest BCUT2D eigenvalue weighted by Crippen LogP contribution is -2.45. The molecule has 17 heavy (non-hydrogen) atoms. The van der Waals surface area contributed by atoms with Crippen LogP contribution in [-0.2, 0) is 4.79 Å². The maximum absolute atomic E-state index is 12.1. The number of carbonyl (C=O) groups is 1. The first-order chi connectivity index (χ1) is 8.24. The largest absolute Gasteiger partial charge is 0.399 e. The third kappa shape index (κ3) is 1.82. The van der Waals surface area contributed by atoms with Gasteiger partial charge in [0.1, 0.15) is 0 Å². The van der Waals surface area contributed by atoms with Gasteiger partial charge in [0.25, 0.3) is 0 Å². The van der Waals surface area contributed by atoms with Crippen LogP contribution >= 0.6 is 0 Å². The quantitative estimate of drug-likeness (QED) is 0.590. The SMILES string of the molecule is Nc1ccc(/C=C2/C(=O)C3CCN2CC3)cc1. The number of nitrogen functional groups attached to an aromatic ring is 1. The average molecular weight is 228 g/mol. The summed E-state index contributed by atoms with van der Waals surface area (Å²) in [6, 6.07) is 7.65. The molecule has 0 spiro atoms. The zero-order valence-corrected chi connectivity index (χ0v) is 9.73. The monoisotopic (exact) mass is 228 g/mol. The second kappa shape index (κ2) is 3.91. The number of allylic oxidation sites excluding steroid dienone is 1. The lowest BCUT2D eigenvalue weighted by atomic mass is 9.84. The Hall–Kier alpha value is -1.77. The molecular weight excluding hydrogens is 212 g/mol. The third-order valence-electron chi connectivity index (χ3n) is 3.70. The molecule has 0 aromatic heterocycles. The Morgan fingerprint density at radius 3 is 2.41 bits per heavy atom. The summed E-state index contributed by atoms with van der Waals surface area (Å²) in [7, 11) is 0. The molecule has 0 saturated carbocycles. The number of hydrogen-bond donors (Lipinski definition) is 1. The van der Waals surface area contributed by atoms with E-state index in [0.29, 0.717) is 5.78 Å². The van der Waals surface area contributed by atoms with Crippen LogP contribution in [0.1, 0.15) is 18.4 Å². The van der Waals surface area contributed by atoms with Crippen molar-refractivity contribution in [1.82, 2.24) is 4.90 Å². The van der Waals surface area contributed by atoms with Crippen LogP contribution in [0.5, 0.6) is 0 Å². The number of carbonyl (C=O) groups excluding carboxylic acids is 1. The fourth-order valence-corrected chi connectivity index (χ4v) is 2.66. The van der Waals surface area contributed by atoms with Gasteiger partial charge in [-0.05, 0) is 36.6 Å². The minimum Gasteiger partial charge on any atom is -0.399 e. The van der Waals surface area contributed by atoms with Crippen LogP contribution in [0.4, 0.5) is 5.69 Å². The van der Waals surface area contributed by atoms with Crippen molar-refractivity contribution in [1.29, 1.82) is 0 Å². The summed E-state index contributed by atoms with van der Waals surface area (Å²) in [5.74, 6) is 0.583. The fraction of sp³-hybridized carbons (Fsp3) is 0.357. The molecule has 1 aromatic rings. The van der Waals surface area contributed by atoms with Gasteiger partial charge in [-0.2, -0.15) is 0 Å². The van der Waals surface area contributed by atoms with Gasteiger partial charge in [-0.15, -0.1) is 0 Å². The van der Waals surface area contributed by atoms with E-state index in [0.717, 1.165) is 42.9 Å². The van der Waals surface area contributed by atoms with Gasteiger partial charge in [0.05, 0.1) is 5.70 Å². The maximum Gasteiger partial charge on any atom is 0.182 e. The Bertz CT molecular complexity index is 468. The van der Waals surface area contributed by atoms with Crippen molar-refractivity contribution in [2.24, 2.45) is 5.92 Å². The van der Waals surface area contributed by atoms with Gasteiger partial charge in [0.2, 0.25) is 0 Å². The summed E-state index contributed by atoms with van der Waals surface area (Å²) in [6.45, 7) is 2.05. The Labute approximate surface area is 101 Å². The van der Waals surface area contributed by atoms with Crippen molar-refractivity contribution in [2.45, 2.75) is 12.8 Å². The van der Waals surface area contributed by atoms with Gasteiger partial charge in [-0.25, -0.2) is 0 Å². The van der Waals surface area contributed by atoms with E-state index in [1.807, 2.05) is 30.3 Å². The molecule has 3 heteroatoms.